The lowest BCUT2D eigenvalue weighted by Crippen LogP contribution is -2.29. The van der Waals surface area contributed by atoms with Crippen LogP contribution >= 0.6 is 0 Å². The third-order valence-electron chi connectivity index (χ3n) is 2.12. The summed E-state index contributed by atoms with van der Waals surface area (Å²) in [6.07, 6.45) is 5.98. The van der Waals surface area contributed by atoms with E-state index in [1.54, 1.807) is 0 Å². The Balaban J connectivity index is 2.59. The van der Waals surface area contributed by atoms with Crippen molar-refractivity contribution in [3.8, 4) is 0 Å². The molecule has 10 heavy (non-hydrogen) atoms. The summed E-state index contributed by atoms with van der Waals surface area (Å²) < 4.78 is 0. The maximum Gasteiger partial charge on any atom is 0.221 e. The van der Waals surface area contributed by atoms with Crippen molar-refractivity contribution in [2.24, 2.45) is 17.6 Å². The van der Waals surface area contributed by atoms with Gasteiger partial charge in [0.1, 0.15) is 0 Å². The van der Waals surface area contributed by atoms with Gasteiger partial charge in [0.2, 0.25) is 5.91 Å². The molecule has 2 nitrogen and oxygen atoms in total. The van der Waals surface area contributed by atoms with E-state index in [9.17, 15) is 4.79 Å². The molecule has 2 heteroatoms. The number of hydrogen-bond acceptors (Lipinski definition) is 1. The maximum absolute atomic E-state index is 10.8. The van der Waals surface area contributed by atoms with Gasteiger partial charge in [0, 0.05) is 5.92 Å². The van der Waals surface area contributed by atoms with Crippen LogP contribution in [0.5, 0.6) is 0 Å². The lowest BCUT2D eigenvalue weighted by molar-refractivity contribution is -0.123. The van der Waals surface area contributed by atoms with Crippen LogP contribution in [0, 0.1) is 11.8 Å². The van der Waals surface area contributed by atoms with Crippen LogP contribution in [0.4, 0.5) is 0 Å². The Morgan fingerprint density at radius 2 is 2.10 bits per heavy atom. The van der Waals surface area contributed by atoms with Gasteiger partial charge in [-0.05, 0) is 18.8 Å². The first kappa shape index (κ1) is 7.32. The van der Waals surface area contributed by atoms with Crippen molar-refractivity contribution in [3.63, 3.8) is 0 Å². The summed E-state index contributed by atoms with van der Waals surface area (Å²) in [4.78, 5) is 10.8. The number of nitrogens with two attached hydrogens (primary N) is 1. The molecule has 1 aliphatic carbocycles. The molecule has 1 aliphatic rings. The molecular weight excluding hydrogens is 126 g/mol. The Morgan fingerprint density at radius 1 is 1.50 bits per heavy atom. The van der Waals surface area contributed by atoms with E-state index in [0.717, 1.165) is 12.8 Å². The molecule has 1 amide bonds. The van der Waals surface area contributed by atoms with Crippen LogP contribution in [0.2, 0.25) is 0 Å². The monoisotopic (exact) mass is 139 g/mol. The minimum atomic E-state index is -0.156. The molecule has 0 aromatic rings. The number of rotatable bonds is 1. The molecular formula is C8H13NO. The Labute approximate surface area is 61.1 Å². The molecule has 0 aromatic carbocycles. The second-order valence-electron chi connectivity index (χ2n) is 2.93. The first-order valence-electron chi connectivity index (χ1n) is 3.66. The molecule has 0 spiro atoms. The van der Waals surface area contributed by atoms with Gasteiger partial charge in [-0.25, -0.2) is 0 Å². The van der Waals surface area contributed by atoms with Crippen LogP contribution in [-0.2, 0) is 4.79 Å². The van der Waals surface area contributed by atoms with Crippen LogP contribution in [0.3, 0.4) is 0 Å². The Bertz CT molecular complexity index is 163. The third-order valence-corrected chi connectivity index (χ3v) is 2.12. The average molecular weight is 139 g/mol. The topological polar surface area (TPSA) is 43.1 Å². The van der Waals surface area contributed by atoms with E-state index in [-0.39, 0.29) is 11.8 Å². The molecule has 0 saturated heterocycles. The summed E-state index contributed by atoms with van der Waals surface area (Å²) in [6.45, 7) is 2.07. The van der Waals surface area contributed by atoms with Crippen LogP contribution in [-0.4, -0.2) is 5.91 Å². The Kier molecular flexibility index (Phi) is 2.10. The predicted octanol–water partition coefficient (Wildman–Crippen LogP) is 1.07. The number of carbonyl (C=O) groups is 1. The van der Waals surface area contributed by atoms with E-state index < -0.39 is 0 Å². The second-order valence-corrected chi connectivity index (χ2v) is 2.93. The van der Waals surface area contributed by atoms with Gasteiger partial charge in [-0.3, -0.25) is 4.79 Å². The molecule has 2 atom stereocenters. The van der Waals surface area contributed by atoms with Crippen LogP contribution in [0.1, 0.15) is 19.8 Å². The highest BCUT2D eigenvalue weighted by molar-refractivity contribution is 5.77. The van der Waals surface area contributed by atoms with Crippen molar-refractivity contribution in [1.29, 1.82) is 0 Å². The molecule has 56 valence electrons. The van der Waals surface area contributed by atoms with Crippen LogP contribution in [0.15, 0.2) is 12.2 Å². The van der Waals surface area contributed by atoms with Gasteiger partial charge in [0.25, 0.3) is 0 Å². The van der Waals surface area contributed by atoms with E-state index in [4.69, 9.17) is 5.73 Å². The zero-order valence-electron chi connectivity index (χ0n) is 6.21. The van der Waals surface area contributed by atoms with Crippen LogP contribution in [0.25, 0.3) is 0 Å². The first-order chi connectivity index (χ1) is 4.72. The normalized spacial score (nSPS) is 32.1. The van der Waals surface area contributed by atoms with E-state index in [1.807, 2.05) is 6.08 Å². The molecule has 0 saturated carbocycles. The van der Waals surface area contributed by atoms with Crippen molar-refractivity contribution in [3.05, 3.63) is 12.2 Å². The van der Waals surface area contributed by atoms with E-state index in [2.05, 4.69) is 13.0 Å². The molecule has 0 bridgehead atoms. The fourth-order valence-corrected chi connectivity index (χ4v) is 1.35. The Hall–Kier alpha value is -0.790. The SMILES string of the molecule is CC1CC=CCC1C(N)=O. The predicted molar refractivity (Wildman–Crippen MR) is 40.2 cm³/mol. The number of amides is 1. The highest BCUT2D eigenvalue weighted by Gasteiger charge is 2.22. The third kappa shape index (κ3) is 1.38. The average Bonchev–Trinajstić information content (AvgIpc) is 1.88. The van der Waals surface area contributed by atoms with Crippen molar-refractivity contribution >= 4 is 5.91 Å². The van der Waals surface area contributed by atoms with Crippen molar-refractivity contribution in [2.45, 2.75) is 19.8 Å². The quantitative estimate of drug-likeness (QED) is 0.542. The molecule has 0 aromatic heterocycles. The smallest absolute Gasteiger partial charge is 0.221 e. The molecule has 2 unspecified atom stereocenters. The largest absolute Gasteiger partial charge is 0.369 e. The number of allylic oxidation sites excluding steroid dienone is 2. The maximum atomic E-state index is 10.8. The standard InChI is InChI=1S/C8H13NO/c1-6-4-2-3-5-7(6)8(9)10/h2-3,6-7H,4-5H2,1H3,(H2,9,10). The van der Waals surface area contributed by atoms with Gasteiger partial charge in [-0.1, -0.05) is 19.1 Å². The lowest BCUT2D eigenvalue weighted by atomic mass is 9.84. The number of primary amides is 1. The van der Waals surface area contributed by atoms with Gasteiger partial charge in [0.05, 0.1) is 0 Å². The van der Waals surface area contributed by atoms with Gasteiger partial charge in [-0.2, -0.15) is 0 Å². The van der Waals surface area contributed by atoms with Crippen molar-refractivity contribution in [1.82, 2.24) is 0 Å². The fraction of sp³-hybridized carbons (Fsp3) is 0.625. The summed E-state index contributed by atoms with van der Waals surface area (Å²) in [5.74, 6) is 0.351. The minimum absolute atomic E-state index is 0.0741. The summed E-state index contributed by atoms with van der Waals surface area (Å²) in [6, 6.07) is 0. The summed E-state index contributed by atoms with van der Waals surface area (Å²) in [7, 11) is 0. The van der Waals surface area contributed by atoms with E-state index in [0.29, 0.717) is 5.92 Å². The highest BCUT2D eigenvalue weighted by atomic mass is 16.1. The van der Waals surface area contributed by atoms with Crippen molar-refractivity contribution in [2.75, 3.05) is 0 Å². The second kappa shape index (κ2) is 2.86. The van der Waals surface area contributed by atoms with E-state index >= 15 is 0 Å². The molecule has 2 N–H and O–H groups in total. The number of carbonyl (C=O) groups excluding carboxylic acids is 1. The van der Waals surface area contributed by atoms with Crippen molar-refractivity contribution < 1.29 is 4.79 Å². The summed E-state index contributed by atoms with van der Waals surface area (Å²) in [5.41, 5.74) is 5.18. The zero-order chi connectivity index (χ0) is 7.56. The summed E-state index contributed by atoms with van der Waals surface area (Å²) in [5, 5.41) is 0. The van der Waals surface area contributed by atoms with E-state index in [1.165, 1.54) is 0 Å². The fourth-order valence-electron chi connectivity index (χ4n) is 1.35. The zero-order valence-corrected chi connectivity index (χ0v) is 6.21. The first-order valence-corrected chi connectivity index (χ1v) is 3.66. The van der Waals surface area contributed by atoms with Gasteiger partial charge in [-0.15, -0.1) is 0 Å². The van der Waals surface area contributed by atoms with Crippen LogP contribution < -0.4 is 5.73 Å². The summed E-state index contributed by atoms with van der Waals surface area (Å²) >= 11 is 0. The lowest BCUT2D eigenvalue weighted by Gasteiger charge is -2.21. The Morgan fingerprint density at radius 3 is 2.50 bits per heavy atom. The molecule has 0 radical (unpaired) electrons. The molecule has 0 aliphatic heterocycles. The van der Waals surface area contributed by atoms with Gasteiger partial charge in [0.15, 0.2) is 0 Å². The number of hydrogen-bond donors (Lipinski definition) is 1. The highest BCUT2D eigenvalue weighted by Crippen LogP contribution is 2.23. The molecule has 0 heterocycles. The van der Waals surface area contributed by atoms with Gasteiger partial charge >= 0.3 is 0 Å². The molecule has 0 fully saturated rings. The van der Waals surface area contributed by atoms with Gasteiger partial charge < -0.3 is 5.73 Å². The molecule has 1 rings (SSSR count). The minimum Gasteiger partial charge on any atom is -0.369 e.